The van der Waals surface area contributed by atoms with Crippen LogP contribution >= 0.6 is 22.9 Å². The van der Waals surface area contributed by atoms with E-state index in [9.17, 15) is 4.79 Å². The highest BCUT2D eigenvalue weighted by Crippen LogP contribution is 2.30. The normalized spacial score (nSPS) is 18.2. The molecule has 0 bridgehead atoms. The molecule has 1 N–H and O–H groups in total. The molecule has 1 aliphatic rings. The number of para-hydroxylation sites is 1. The molecular weight excluding hydrogens is 294 g/mol. The van der Waals surface area contributed by atoms with Gasteiger partial charge in [-0.2, -0.15) is 0 Å². The monoisotopic (exact) mass is 307 g/mol. The van der Waals surface area contributed by atoms with E-state index in [1.165, 1.54) is 11.3 Å². The third-order valence-corrected chi connectivity index (χ3v) is 4.73. The number of halogens is 1. The number of ether oxygens (including phenoxy) is 1. The SMILES string of the molecule is C[C@@H](NC(=O)[C@H]1Cc2ccccc2O1)c1ccc(Cl)s1. The van der Waals surface area contributed by atoms with Crippen LogP contribution in [0.5, 0.6) is 5.75 Å². The molecule has 0 spiro atoms. The number of hydrogen-bond acceptors (Lipinski definition) is 3. The molecule has 0 unspecified atom stereocenters. The minimum absolute atomic E-state index is 0.0627. The molecule has 0 aliphatic carbocycles. The summed E-state index contributed by atoms with van der Waals surface area (Å²) < 4.78 is 6.40. The smallest absolute Gasteiger partial charge is 0.261 e. The zero-order chi connectivity index (χ0) is 14.1. The fourth-order valence-corrected chi connectivity index (χ4v) is 3.33. The Morgan fingerprint density at radius 2 is 2.20 bits per heavy atom. The van der Waals surface area contributed by atoms with Gasteiger partial charge in [-0.1, -0.05) is 29.8 Å². The third-order valence-electron chi connectivity index (χ3n) is 3.32. The Bertz CT molecular complexity index is 615. The van der Waals surface area contributed by atoms with Gasteiger partial charge in [0, 0.05) is 11.3 Å². The number of rotatable bonds is 3. The van der Waals surface area contributed by atoms with Gasteiger partial charge < -0.3 is 10.1 Å². The van der Waals surface area contributed by atoms with Gasteiger partial charge in [0.15, 0.2) is 6.10 Å². The number of nitrogens with one attached hydrogen (secondary N) is 1. The van der Waals surface area contributed by atoms with Crippen molar-refractivity contribution in [3.8, 4) is 5.75 Å². The molecule has 0 fully saturated rings. The predicted molar refractivity (Wildman–Crippen MR) is 80.4 cm³/mol. The van der Waals surface area contributed by atoms with Gasteiger partial charge in [-0.25, -0.2) is 0 Å². The average molecular weight is 308 g/mol. The van der Waals surface area contributed by atoms with Gasteiger partial charge >= 0.3 is 0 Å². The lowest BCUT2D eigenvalue weighted by Crippen LogP contribution is -2.38. The van der Waals surface area contributed by atoms with Crippen LogP contribution in [0.15, 0.2) is 36.4 Å². The van der Waals surface area contributed by atoms with E-state index >= 15 is 0 Å². The van der Waals surface area contributed by atoms with E-state index in [2.05, 4.69) is 5.32 Å². The standard InChI is InChI=1S/C15H14ClNO2S/c1-9(13-6-7-14(16)20-13)17-15(18)12-8-10-4-2-3-5-11(10)19-12/h2-7,9,12H,8H2,1H3,(H,17,18)/t9-,12-/m1/s1. The van der Waals surface area contributed by atoms with E-state index in [1.807, 2.05) is 43.3 Å². The molecule has 1 amide bonds. The summed E-state index contributed by atoms with van der Waals surface area (Å²) in [5, 5.41) is 2.97. The lowest BCUT2D eigenvalue weighted by Gasteiger charge is -2.16. The molecule has 0 saturated heterocycles. The van der Waals surface area contributed by atoms with Gasteiger partial charge in [0.05, 0.1) is 10.4 Å². The van der Waals surface area contributed by atoms with Gasteiger partial charge in [0.25, 0.3) is 5.91 Å². The summed E-state index contributed by atoms with van der Waals surface area (Å²) in [5.74, 6) is 0.720. The number of carbonyl (C=O) groups is 1. The molecule has 1 aromatic heterocycles. The molecular formula is C15H14ClNO2S. The first-order chi connectivity index (χ1) is 9.63. The summed E-state index contributed by atoms with van der Waals surface area (Å²) in [6.07, 6.45) is 0.185. The number of benzene rings is 1. The van der Waals surface area contributed by atoms with Gasteiger partial charge in [0.1, 0.15) is 5.75 Å². The number of amides is 1. The molecule has 3 nitrogen and oxygen atoms in total. The zero-order valence-corrected chi connectivity index (χ0v) is 12.5. The van der Waals surface area contributed by atoms with Crippen molar-refractivity contribution in [3.63, 3.8) is 0 Å². The summed E-state index contributed by atoms with van der Waals surface area (Å²) in [5.41, 5.74) is 1.08. The summed E-state index contributed by atoms with van der Waals surface area (Å²) in [7, 11) is 0. The first kappa shape index (κ1) is 13.5. The second kappa shape index (κ2) is 5.46. The lowest BCUT2D eigenvalue weighted by molar-refractivity contribution is -0.127. The molecule has 0 saturated carbocycles. The number of thiophene rings is 1. The molecule has 0 radical (unpaired) electrons. The minimum Gasteiger partial charge on any atom is -0.480 e. The first-order valence-electron chi connectivity index (χ1n) is 6.43. The van der Waals surface area contributed by atoms with Crippen molar-refractivity contribution in [2.24, 2.45) is 0 Å². The van der Waals surface area contributed by atoms with E-state index in [-0.39, 0.29) is 11.9 Å². The van der Waals surface area contributed by atoms with Gasteiger partial charge in [0.2, 0.25) is 0 Å². The van der Waals surface area contributed by atoms with Crippen LogP contribution in [0.3, 0.4) is 0 Å². The second-order valence-corrected chi connectivity index (χ2v) is 6.54. The van der Waals surface area contributed by atoms with Crippen LogP contribution in [0.4, 0.5) is 0 Å². The molecule has 2 atom stereocenters. The molecule has 1 aliphatic heterocycles. The number of hydrogen-bond donors (Lipinski definition) is 1. The quantitative estimate of drug-likeness (QED) is 0.941. The van der Waals surface area contributed by atoms with Crippen LogP contribution in [0.2, 0.25) is 4.34 Å². The van der Waals surface area contributed by atoms with Crippen molar-refractivity contribution in [3.05, 3.63) is 51.2 Å². The van der Waals surface area contributed by atoms with Crippen LogP contribution in [-0.4, -0.2) is 12.0 Å². The summed E-state index contributed by atoms with van der Waals surface area (Å²) in [4.78, 5) is 13.3. The lowest BCUT2D eigenvalue weighted by atomic mass is 10.1. The fourth-order valence-electron chi connectivity index (χ4n) is 2.27. The highest BCUT2D eigenvalue weighted by atomic mass is 35.5. The third kappa shape index (κ3) is 2.67. The largest absolute Gasteiger partial charge is 0.480 e. The molecule has 5 heteroatoms. The van der Waals surface area contributed by atoms with Crippen LogP contribution in [-0.2, 0) is 11.2 Å². The van der Waals surface area contributed by atoms with Crippen molar-refractivity contribution in [1.29, 1.82) is 0 Å². The van der Waals surface area contributed by atoms with Crippen molar-refractivity contribution in [1.82, 2.24) is 5.32 Å². The van der Waals surface area contributed by atoms with Crippen molar-refractivity contribution in [2.45, 2.75) is 25.5 Å². The minimum atomic E-state index is -0.440. The molecule has 2 aromatic rings. The second-order valence-electron chi connectivity index (χ2n) is 4.79. The summed E-state index contributed by atoms with van der Waals surface area (Å²) >= 11 is 7.39. The van der Waals surface area contributed by atoms with E-state index in [0.29, 0.717) is 6.42 Å². The molecule has 3 rings (SSSR count). The average Bonchev–Trinajstić information content (AvgIpc) is 3.04. The van der Waals surface area contributed by atoms with Crippen LogP contribution in [0, 0.1) is 0 Å². The van der Waals surface area contributed by atoms with Gasteiger partial charge in [-0.15, -0.1) is 11.3 Å². The van der Waals surface area contributed by atoms with E-state index < -0.39 is 6.10 Å². The van der Waals surface area contributed by atoms with E-state index in [4.69, 9.17) is 16.3 Å². The number of fused-ring (bicyclic) bond motifs is 1. The highest BCUT2D eigenvalue weighted by Gasteiger charge is 2.29. The Labute approximate surface area is 126 Å². The van der Waals surface area contributed by atoms with Crippen molar-refractivity contribution < 1.29 is 9.53 Å². The maximum Gasteiger partial charge on any atom is 0.261 e. The Kier molecular flexibility index (Phi) is 3.68. The molecule has 104 valence electrons. The first-order valence-corrected chi connectivity index (χ1v) is 7.63. The fraction of sp³-hybridized carbons (Fsp3) is 0.267. The van der Waals surface area contributed by atoms with E-state index in [0.717, 1.165) is 20.5 Å². The topological polar surface area (TPSA) is 38.3 Å². The van der Waals surface area contributed by atoms with Gasteiger partial charge in [-0.05, 0) is 30.7 Å². The molecule has 20 heavy (non-hydrogen) atoms. The van der Waals surface area contributed by atoms with Crippen LogP contribution in [0.25, 0.3) is 0 Å². The summed E-state index contributed by atoms with van der Waals surface area (Å²) in [6, 6.07) is 11.5. The van der Waals surface area contributed by atoms with E-state index in [1.54, 1.807) is 0 Å². The zero-order valence-electron chi connectivity index (χ0n) is 10.9. The maximum atomic E-state index is 12.2. The summed E-state index contributed by atoms with van der Waals surface area (Å²) in [6.45, 7) is 1.95. The van der Waals surface area contributed by atoms with Crippen molar-refractivity contribution >= 4 is 28.8 Å². The maximum absolute atomic E-state index is 12.2. The Balaban J connectivity index is 1.64. The Hall–Kier alpha value is -1.52. The predicted octanol–water partition coefficient (Wildman–Crippen LogP) is 3.58. The Morgan fingerprint density at radius 3 is 2.90 bits per heavy atom. The highest BCUT2D eigenvalue weighted by molar-refractivity contribution is 7.16. The molecule has 2 heterocycles. The van der Waals surface area contributed by atoms with Crippen LogP contribution < -0.4 is 10.1 Å². The molecule has 1 aromatic carbocycles. The Morgan fingerprint density at radius 1 is 1.40 bits per heavy atom. The van der Waals surface area contributed by atoms with Gasteiger partial charge in [-0.3, -0.25) is 4.79 Å². The number of carbonyl (C=O) groups excluding carboxylic acids is 1. The van der Waals surface area contributed by atoms with Crippen molar-refractivity contribution in [2.75, 3.05) is 0 Å². The van der Waals surface area contributed by atoms with Crippen LogP contribution in [0.1, 0.15) is 23.4 Å².